The van der Waals surface area contributed by atoms with Gasteiger partial charge < -0.3 is 14.8 Å². The largest absolute Gasteiger partial charge is 0.342 e. The van der Waals surface area contributed by atoms with E-state index in [9.17, 15) is 14.9 Å². The Kier molecular flexibility index (Phi) is 6.91. The Morgan fingerprint density at radius 3 is 2.43 bits per heavy atom. The van der Waals surface area contributed by atoms with Crippen LogP contribution in [-0.2, 0) is 16.1 Å². The second kappa shape index (κ2) is 9.59. The highest BCUT2D eigenvalue weighted by Gasteiger charge is 2.22. The van der Waals surface area contributed by atoms with Crippen LogP contribution in [0.1, 0.15) is 35.2 Å². The lowest BCUT2D eigenvalue weighted by atomic mass is 10.2. The molecule has 0 spiro atoms. The number of nitrogens with one attached hydrogen (secondary N) is 1. The highest BCUT2D eigenvalue weighted by molar-refractivity contribution is 5.93. The van der Waals surface area contributed by atoms with Crippen molar-refractivity contribution < 1.29 is 9.59 Å². The van der Waals surface area contributed by atoms with E-state index in [2.05, 4.69) is 11.4 Å². The van der Waals surface area contributed by atoms with Crippen LogP contribution in [0.15, 0.2) is 30.3 Å². The minimum Gasteiger partial charge on any atom is -0.342 e. The van der Waals surface area contributed by atoms with Crippen LogP contribution < -0.4 is 5.32 Å². The van der Waals surface area contributed by atoms with Crippen molar-refractivity contribution in [2.45, 2.75) is 33.2 Å². The van der Waals surface area contributed by atoms with Crippen LogP contribution in [0.5, 0.6) is 0 Å². The summed E-state index contributed by atoms with van der Waals surface area (Å²) in [7, 11) is 1.76. The highest BCUT2D eigenvalue weighted by atomic mass is 16.2. The Morgan fingerprint density at radius 2 is 1.80 bits per heavy atom. The van der Waals surface area contributed by atoms with Crippen molar-refractivity contribution in [1.82, 2.24) is 14.4 Å². The molecule has 1 aromatic heterocycles. The molecule has 1 aliphatic heterocycles. The van der Waals surface area contributed by atoms with E-state index in [4.69, 9.17) is 0 Å². The lowest BCUT2D eigenvalue weighted by Crippen LogP contribution is -2.40. The zero-order valence-electron chi connectivity index (χ0n) is 17.9. The number of hydrogen-bond acceptors (Lipinski definition) is 4. The molecule has 1 saturated heterocycles. The predicted molar refractivity (Wildman–Crippen MR) is 116 cm³/mol. The van der Waals surface area contributed by atoms with E-state index in [1.807, 2.05) is 53.6 Å². The van der Waals surface area contributed by atoms with Crippen LogP contribution in [-0.4, -0.2) is 59.4 Å². The Hall–Kier alpha value is -3.11. The topological polar surface area (TPSA) is 81.4 Å². The van der Waals surface area contributed by atoms with E-state index in [1.165, 1.54) is 0 Å². The van der Waals surface area contributed by atoms with E-state index in [-0.39, 0.29) is 24.9 Å². The van der Waals surface area contributed by atoms with Crippen molar-refractivity contribution in [2.24, 2.45) is 0 Å². The molecular formula is C23H29N5O2. The standard InChI is InChI=1S/C23H29N5O2/c1-17-18(2)28(14-19-9-5-4-6-10-19)23(20(17)13-24)25-21(29)15-26(3)16-22(30)27-11-7-8-12-27/h4-6,9-10H,7-8,11-12,14-16H2,1-3H3,(H,25,29). The number of nitriles is 1. The zero-order valence-corrected chi connectivity index (χ0v) is 17.9. The van der Waals surface area contributed by atoms with Gasteiger partial charge in [-0.2, -0.15) is 5.26 Å². The maximum absolute atomic E-state index is 12.7. The van der Waals surface area contributed by atoms with Gasteiger partial charge in [0, 0.05) is 25.3 Å². The fraction of sp³-hybridized carbons (Fsp3) is 0.435. The summed E-state index contributed by atoms with van der Waals surface area (Å²) in [5, 5.41) is 12.6. The van der Waals surface area contributed by atoms with Gasteiger partial charge in [0.2, 0.25) is 11.8 Å². The molecule has 0 saturated carbocycles. The normalized spacial score (nSPS) is 13.5. The molecule has 1 aromatic carbocycles. The quantitative estimate of drug-likeness (QED) is 0.765. The molecule has 1 N–H and O–H groups in total. The summed E-state index contributed by atoms with van der Waals surface area (Å²) in [4.78, 5) is 28.6. The SMILES string of the molecule is Cc1c(C#N)c(NC(=O)CN(C)CC(=O)N2CCCC2)n(Cc2ccccc2)c1C. The number of carbonyl (C=O) groups is 2. The molecule has 0 radical (unpaired) electrons. The number of aromatic nitrogens is 1. The predicted octanol–water partition coefficient (Wildman–Crippen LogP) is 2.52. The Bertz CT molecular complexity index is 952. The molecule has 2 aromatic rings. The van der Waals surface area contributed by atoms with Crippen LogP contribution in [0.4, 0.5) is 5.82 Å². The number of likely N-dealkylation sites (N-methyl/N-ethyl adjacent to an activating group) is 1. The Balaban J connectivity index is 1.71. The van der Waals surface area contributed by atoms with Gasteiger partial charge in [-0.3, -0.25) is 14.5 Å². The molecule has 2 amide bonds. The van der Waals surface area contributed by atoms with Crippen LogP contribution >= 0.6 is 0 Å². The second-order valence-corrected chi connectivity index (χ2v) is 7.93. The van der Waals surface area contributed by atoms with Gasteiger partial charge in [0.15, 0.2) is 0 Å². The summed E-state index contributed by atoms with van der Waals surface area (Å²) in [5.41, 5.74) is 3.38. The molecule has 0 bridgehead atoms. The van der Waals surface area contributed by atoms with Gasteiger partial charge in [-0.25, -0.2) is 0 Å². The number of anilines is 1. The van der Waals surface area contributed by atoms with Crippen molar-refractivity contribution in [3.05, 3.63) is 52.7 Å². The Morgan fingerprint density at radius 1 is 1.13 bits per heavy atom. The molecule has 0 unspecified atom stereocenters. The molecule has 1 aliphatic rings. The first-order valence-corrected chi connectivity index (χ1v) is 10.3. The van der Waals surface area contributed by atoms with Gasteiger partial charge in [-0.15, -0.1) is 0 Å². The number of carbonyl (C=O) groups excluding carboxylic acids is 2. The van der Waals surface area contributed by atoms with E-state index in [1.54, 1.807) is 11.9 Å². The number of amides is 2. The minimum atomic E-state index is -0.241. The smallest absolute Gasteiger partial charge is 0.239 e. The van der Waals surface area contributed by atoms with E-state index in [0.717, 1.165) is 42.8 Å². The number of hydrogen-bond donors (Lipinski definition) is 1. The molecule has 7 heteroatoms. The first-order chi connectivity index (χ1) is 14.4. The lowest BCUT2D eigenvalue weighted by Gasteiger charge is -2.21. The fourth-order valence-electron chi connectivity index (χ4n) is 3.86. The molecule has 30 heavy (non-hydrogen) atoms. The first-order valence-electron chi connectivity index (χ1n) is 10.3. The molecular weight excluding hydrogens is 378 g/mol. The third-order valence-electron chi connectivity index (χ3n) is 5.66. The van der Waals surface area contributed by atoms with Crippen LogP contribution in [0.25, 0.3) is 0 Å². The zero-order chi connectivity index (χ0) is 21.7. The molecule has 1 fully saturated rings. The van der Waals surface area contributed by atoms with Crippen molar-refractivity contribution in [3.63, 3.8) is 0 Å². The van der Waals surface area contributed by atoms with E-state index in [0.29, 0.717) is 17.9 Å². The Labute approximate surface area is 177 Å². The van der Waals surface area contributed by atoms with Crippen LogP contribution in [0, 0.1) is 25.2 Å². The molecule has 2 heterocycles. The van der Waals surface area contributed by atoms with Gasteiger partial charge >= 0.3 is 0 Å². The number of likely N-dealkylation sites (tertiary alicyclic amines) is 1. The van der Waals surface area contributed by atoms with Crippen LogP contribution in [0.2, 0.25) is 0 Å². The third kappa shape index (κ3) is 4.89. The van der Waals surface area contributed by atoms with Gasteiger partial charge in [0.1, 0.15) is 11.9 Å². The molecule has 0 aliphatic carbocycles. The third-order valence-corrected chi connectivity index (χ3v) is 5.66. The van der Waals surface area contributed by atoms with Gasteiger partial charge in [0.05, 0.1) is 18.7 Å². The molecule has 7 nitrogen and oxygen atoms in total. The molecule has 3 rings (SSSR count). The first kappa shape index (κ1) is 21.6. The van der Waals surface area contributed by atoms with Crippen molar-refractivity contribution >= 4 is 17.6 Å². The summed E-state index contributed by atoms with van der Waals surface area (Å²) in [6.07, 6.45) is 2.09. The van der Waals surface area contributed by atoms with Gasteiger partial charge in [-0.1, -0.05) is 30.3 Å². The number of nitrogens with zero attached hydrogens (tertiary/aromatic N) is 4. The summed E-state index contributed by atoms with van der Waals surface area (Å²) in [6, 6.07) is 12.2. The van der Waals surface area contributed by atoms with Gasteiger partial charge in [0.25, 0.3) is 0 Å². The fourth-order valence-corrected chi connectivity index (χ4v) is 3.86. The molecule has 0 atom stereocenters. The number of benzene rings is 1. The summed E-state index contributed by atoms with van der Waals surface area (Å²) >= 11 is 0. The molecule has 158 valence electrons. The average molecular weight is 408 g/mol. The summed E-state index contributed by atoms with van der Waals surface area (Å²) in [5.74, 6) is 0.329. The van der Waals surface area contributed by atoms with Gasteiger partial charge in [-0.05, 0) is 44.9 Å². The van der Waals surface area contributed by atoms with Crippen LogP contribution in [0.3, 0.4) is 0 Å². The maximum atomic E-state index is 12.7. The second-order valence-electron chi connectivity index (χ2n) is 7.93. The van der Waals surface area contributed by atoms with Crippen molar-refractivity contribution in [2.75, 3.05) is 38.5 Å². The van der Waals surface area contributed by atoms with E-state index < -0.39 is 0 Å². The summed E-state index contributed by atoms with van der Waals surface area (Å²) in [6.45, 7) is 6.31. The highest BCUT2D eigenvalue weighted by Crippen LogP contribution is 2.27. The maximum Gasteiger partial charge on any atom is 0.239 e. The average Bonchev–Trinajstić information content (AvgIpc) is 3.33. The lowest BCUT2D eigenvalue weighted by molar-refractivity contribution is -0.131. The summed E-state index contributed by atoms with van der Waals surface area (Å²) < 4.78 is 1.97. The van der Waals surface area contributed by atoms with Crippen molar-refractivity contribution in [3.8, 4) is 6.07 Å². The number of rotatable bonds is 7. The van der Waals surface area contributed by atoms with Crippen molar-refractivity contribution in [1.29, 1.82) is 5.26 Å². The minimum absolute atomic E-state index is 0.0552. The monoisotopic (exact) mass is 407 g/mol. The van der Waals surface area contributed by atoms with E-state index >= 15 is 0 Å².